The van der Waals surface area contributed by atoms with E-state index in [4.69, 9.17) is 0 Å². The first kappa shape index (κ1) is 17.4. The lowest BCUT2D eigenvalue weighted by Crippen LogP contribution is -2.23. The number of hydrogen-bond acceptors (Lipinski definition) is 4. The standard InChI is InChI=1S/C22H18N4O3/c27-11-5-10-25-12-15(14-6-1-3-8-17(14)25)19-20(22(29)24-21(19)28)26-13-23-16-7-2-4-9-18(16)26/h1-4,6-9,12-13,27H,5,10-11H2,(H,24,28,29). The Morgan fingerprint density at radius 2 is 1.72 bits per heavy atom. The Hall–Kier alpha value is -3.71. The number of rotatable bonds is 5. The van der Waals surface area contributed by atoms with E-state index in [2.05, 4.69) is 10.3 Å². The number of aryl methyl sites for hydroxylation is 1. The molecule has 29 heavy (non-hydrogen) atoms. The summed E-state index contributed by atoms with van der Waals surface area (Å²) in [7, 11) is 0. The molecule has 1 aliphatic heterocycles. The van der Waals surface area contributed by atoms with Gasteiger partial charge in [0.2, 0.25) is 0 Å². The summed E-state index contributed by atoms with van der Waals surface area (Å²) in [5.41, 5.74) is 3.75. The van der Waals surface area contributed by atoms with Crippen molar-refractivity contribution in [2.24, 2.45) is 0 Å². The van der Waals surface area contributed by atoms with Crippen molar-refractivity contribution in [3.63, 3.8) is 0 Å². The molecule has 0 spiro atoms. The van der Waals surface area contributed by atoms with Crippen LogP contribution in [-0.4, -0.2) is 37.6 Å². The molecule has 2 N–H and O–H groups in total. The van der Waals surface area contributed by atoms with Crippen molar-refractivity contribution >= 4 is 45.0 Å². The van der Waals surface area contributed by atoms with Crippen molar-refractivity contribution in [3.05, 3.63) is 66.6 Å². The van der Waals surface area contributed by atoms with Gasteiger partial charge in [-0.3, -0.25) is 19.5 Å². The normalized spacial score (nSPS) is 14.4. The molecule has 0 aliphatic carbocycles. The maximum Gasteiger partial charge on any atom is 0.276 e. The molecular formula is C22H18N4O3. The number of carbonyl (C=O) groups is 2. The highest BCUT2D eigenvalue weighted by atomic mass is 16.3. The van der Waals surface area contributed by atoms with Gasteiger partial charge in [-0.2, -0.15) is 0 Å². The molecule has 0 saturated carbocycles. The van der Waals surface area contributed by atoms with E-state index in [1.807, 2.05) is 59.3 Å². The fourth-order valence-corrected chi connectivity index (χ4v) is 3.94. The number of carbonyl (C=O) groups excluding carboxylic acids is 2. The fourth-order valence-electron chi connectivity index (χ4n) is 3.94. The highest BCUT2D eigenvalue weighted by Crippen LogP contribution is 2.35. The summed E-state index contributed by atoms with van der Waals surface area (Å²) < 4.78 is 3.68. The van der Waals surface area contributed by atoms with Crippen LogP contribution in [0.25, 0.3) is 33.2 Å². The molecule has 4 aromatic rings. The average molecular weight is 386 g/mol. The Balaban J connectivity index is 1.79. The number of aliphatic hydroxyl groups is 1. The molecule has 5 rings (SSSR count). The van der Waals surface area contributed by atoms with Gasteiger partial charge in [-0.25, -0.2) is 4.98 Å². The first-order valence-electron chi connectivity index (χ1n) is 9.40. The van der Waals surface area contributed by atoms with E-state index in [9.17, 15) is 14.7 Å². The molecule has 2 amide bonds. The van der Waals surface area contributed by atoms with Crippen LogP contribution < -0.4 is 5.32 Å². The molecule has 2 aromatic heterocycles. The molecule has 0 radical (unpaired) electrons. The molecule has 2 aromatic carbocycles. The second kappa shape index (κ2) is 6.72. The predicted octanol–water partition coefficient (Wildman–Crippen LogP) is 2.40. The maximum atomic E-state index is 12.8. The molecular weight excluding hydrogens is 368 g/mol. The number of imide groups is 1. The van der Waals surface area contributed by atoms with E-state index in [-0.39, 0.29) is 12.3 Å². The summed E-state index contributed by atoms with van der Waals surface area (Å²) >= 11 is 0. The first-order valence-corrected chi connectivity index (χ1v) is 9.40. The topological polar surface area (TPSA) is 89.2 Å². The van der Waals surface area contributed by atoms with Crippen molar-refractivity contribution < 1.29 is 14.7 Å². The zero-order valence-corrected chi connectivity index (χ0v) is 15.5. The van der Waals surface area contributed by atoms with E-state index in [1.54, 1.807) is 10.9 Å². The van der Waals surface area contributed by atoms with Gasteiger partial charge in [-0.05, 0) is 24.6 Å². The summed E-state index contributed by atoms with van der Waals surface area (Å²) in [6.07, 6.45) is 4.05. The van der Waals surface area contributed by atoms with Crippen LogP contribution in [0.15, 0.2) is 61.1 Å². The Kier molecular flexibility index (Phi) is 4.03. The van der Waals surface area contributed by atoms with Crippen LogP contribution in [-0.2, 0) is 16.1 Å². The third-order valence-electron chi connectivity index (χ3n) is 5.22. The van der Waals surface area contributed by atoms with Gasteiger partial charge in [0, 0.05) is 35.8 Å². The number of aromatic nitrogens is 3. The Bertz CT molecular complexity index is 1310. The second-order valence-electron chi connectivity index (χ2n) is 6.94. The highest BCUT2D eigenvalue weighted by molar-refractivity contribution is 6.47. The number of benzene rings is 2. The number of nitrogens with zero attached hydrogens (tertiary/aromatic N) is 3. The van der Waals surface area contributed by atoms with E-state index >= 15 is 0 Å². The lowest BCUT2D eigenvalue weighted by Gasteiger charge is -2.06. The number of nitrogens with one attached hydrogen (secondary N) is 1. The van der Waals surface area contributed by atoms with Crippen LogP contribution >= 0.6 is 0 Å². The van der Waals surface area contributed by atoms with Crippen LogP contribution in [0.3, 0.4) is 0 Å². The second-order valence-corrected chi connectivity index (χ2v) is 6.94. The number of para-hydroxylation sites is 3. The van der Waals surface area contributed by atoms with Crippen LogP contribution in [0.2, 0.25) is 0 Å². The van der Waals surface area contributed by atoms with Crippen molar-refractivity contribution in [2.75, 3.05) is 6.61 Å². The number of imidazole rings is 1. The molecule has 0 atom stereocenters. The first-order chi connectivity index (χ1) is 14.2. The van der Waals surface area contributed by atoms with Crippen molar-refractivity contribution in [1.29, 1.82) is 0 Å². The Morgan fingerprint density at radius 3 is 2.55 bits per heavy atom. The molecule has 144 valence electrons. The summed E-state index contributed by atoms with van der Waals surface area (Å²) in [6.45, 7) is 0.693. The minimum atomic E-state index is -0.444. The van der Waals surface area contributed by atoms with E-state index in [0.717, 1.165) is 21.9 Å². The molecule has 0 saturated heterocycles. The smallest absolute Gasteiger partial charge is 0.276 e. The number of fused-ring (bicyclic) bond motifs is 2. The molecule has 0 unspecified atom stereocenters. The predicted molar refractivity (Wildman–Crippen MR) is 110 cm³/mol. The number of amides is 2. The minimum absolute atomic E-state index is 0.0792. The highest BCUT2D eigenvalue weighted by Gasteiger charge is 2.34. The van der Waals surface area contributed by atoms with Gasteiger partial charge in [-0.1, -0.05) is 30.3 Å². The largest absolute Gasteiger partial charge is 0.396 e. The van der Waals surface area contributed by atoms with Crippen LogP contribution in [0.4, 0.5) is 0 Å². The summed E-state index contributed by atoms with van der Waals surface area (Å²) in [5, 5.41) is 12.5. The Labute approximate surface area is 165 Å². The third-order valence-corrected chi connectivity index (χ3v) is 5.22. The fraction of sp³-hybridized carbons (Fsp3) is 0.136. The molecule has 0 fully saturated rings. The molecule has 7 heteroatoms. The number of aliphatic hydroxyl groups excluding tert-OH is 1. The summed E-state index contributed by atoms with van der Waals surface area (Å²) in [4.78, 5) is 29.9. The summed E-state index contributed by atoms with van der Waals surface area (Å²) in [5.74, 6) is -0.867. The molecule has 7 nitrogen and oxygen atoms in total. The van der Waals surface area contributed by atoms with Crippen molar-refractivity contribution in [2.45, 2.75) is 13.0 Å². The monoisotopic (exact) mass is 386 g/mol. The van der Waals surface area contributed by atoms with Crippen molar-refractivity contribution in [3.8, 4) is 0 Å². The van der Waals surface area contributed by atoms with E-state index < -0.39 is 11.8 Å². The van der Waals surface area contributed by atoms with E-state index in [0.29, 0.717) is 24.1 Å². The van der Waals surface area contributed by atoms with E-state index in [1.165, 1.54) is 0 Å². The lowest BCUT2D eigenvalue weighted by molar-refractivity contribution is -0.122. The van der Waals surface area contributed by atoms with Crippen LogP contribution in [0.5, 0.6) is 0 Å². The maximum absolute atomic E-state index is 12.8. The summed E-state index contributed by atoms with van der Waals surface area (Å²) in [6, 6.07) is 15.2. The van der Waals surface area contributed by atoms with Gasteiger partial charge < -0.3 is 9.67 Å². The molecule has 3 heterocycles. The lowest BCUT2D eigenvalue weighted by atomic mass is 10.0. The van der Waals surface area contributed by atoms with Crippen LogP contribution in [0, 0.1) is 0 Å². The van der Waals surface area contributed by atoms with Gasteiger partial charge >= 0.3 is 0 Å². The van der Waals surface area contributed by atoms with Crippen LogP contribution in [0.1, 0.15) is 12.0 Å². The van der Waals surface area contributed by atoms with Gasteiger partial charge in [0.1, 0.15) is 12.0 Å². The Morgan fingerprint density at radius 1 is 0.966 bits per heavy atom. The SMILES string of the molecule is O=C1NC(=O)C(n2cnc3ccccc32)=C1c1cn(CCCO)c2ccccc12. The van der Waals surface area contributed by atoms with Gasteiger partial charge in [0.15, 0.2) is 0 Å². The van der Waals surface area contributed by atoms with Crippen molar-refractivity contribution in [1.82, 2.24) is 19.4 Å². The number of hydrogen-bond donors (Lipinski definition) is 2. The molecule has 1 aliphatic rings. The minimum Gasteiger partial charge on any atom is -0.396 e. The zero-order chi connectivity index (χ0) is 20.0. The van der Waals surface area contributed by atoms with Gasteiger partial charge in [-0.15, -0.1) is 0 Å². The zero-order valence-electron chi connectivity index (χ0n) is 15.5. The quantitative estimate of drug-likeness (QED) is 0.516. The van der Waals surface area contributed by atoms with Gasteiger partial charge in [0.05, 0.1) is 16.6 Å². The molecule has 0 bridgehead atoms. The van der Waals surface area contributed by atoms with Gasteiger partial charge in [0.25, 0.3) is 11.8 Å². The average Bonchev–Trinajstić information content (AvgIpc) is 3.39. The third kappa shape index (κ3) is 2.67.